The van der Waals surface area contributed by atoms with Crippen LogP contribution in [-0.4, -0.2) is 58.7 Å². The van der Waals surface area contributed by atoms with Crippen molar-refractivity contribution in [1.29, 1.82) is 0 Å². The zero-order valence-corrected chi connectivity index (χ0v) is 19.0. The van der Waals surface area contributed by atoms with Crippen molar-refractivity contribution in [2.45, 2.75) is 32.6 Å². The van der Waals surface area contributed by atoms with Gasteiger partial charge in [-0.05, 0) is 38.7 Å². The van der Waals surface area contributed by atoms with Crippen LogP contribution in [0.3, 0.4) is 0 Å². The van der Waals surface area contributed by atoms with Gasteiger partial charge in [-0.15, -0.1) is 0 Å². The van der Waals surface area contributed by atoms with E-state index < -0.39 is 29.6 Å². The highest BCUT2D eigenvalue weighted by Crippen LogP contribution is 2.58. The normalized spacial score (nSPS) is 33.1. The molecule has 0 unspecified atom stereocenters. The van der Waals surface area contributed by atoms with E-state index in [2.05, 4.69) is 0 Å². The number of rotatable bonds is 4. The second-order valence-electron chi connectivity index (χ2n) is 9.29. The number of aromatic hydroxyl groups is 1. The van der Waals surface area contributed by atoms with E-state index in [1.54, 1.807) is 26.0 Å². The van der Waals surface area contributed by atoms with E-state index in [4.69, 9.17) is 4.74 Å². The second kappa shape index (κ2) is 7.71. The van der Waals surface area contributed by atoms with Crippen molar-refractivity contribution < 1.29 is 29.0 Å². The highest BCUT2D eigenvalue weighted by molar-refractivity contribution is 6.08. The summed E-state index contributed by atoms with van der Waals surface area (Å²) in [6, 6.07) is 4.78. The first-order valence-electron chi connectivity index (χ1n) is 11.6. The molecule has 0 bridgehead atoms. The molecule has 1 aromatic rings. The Morgan fingerprint density at radius 1 is 0.909 bits per heavy atom. The van der Waals surface area contributed by atoms with Crippen molar-refractivity contribution in [3.63, 3.8) is 0 Å². The van der Waals surface area contributed by atoms with Crippen LogP contribution in [0.15, 0.2) is 29.8 Å². The van der Waals surface area contributed by atoms with E-state index >= 15 is 0 Å². The maximum absolute atomic E-state index is 13.4. The fraction of sp³-hybridized carbons (Fsp3) is 0.520. The van der Waals surface area contributed by atoms with Gasteiger partial charge in [0.25, 0.3) is 0 Å². The Bertz CT molecular complexity index is 1090. The third kappa shape index (κ3) is 2.89. The van der Waals surface area contributed by atoms with Crippen molar-refractivity contribution in [2.24, 2.45) is 29.6 Å². The number of amides is 4. The number of carbonyl (C=O) groups excluding carboxylic acids is 4. The number of likely N-dealkylation sites (tertiary alicyclic amines) is 2. The Morgan fingerprint density at radius 2 is 1.55 bits per heavy atom. The van der Waals surface area contributed by atoms with E-state index in [0.29, 0.717) is 37.2 Å². The summed E-state index contributed by atoms with van der Waals surface area (Å²) >= 11 is 0. The molecule has 1 aromatic carbocycles. The first kappa shape index (κ1) is 21.7. The van der Waals surface area contributed by atoms with Crippen molar-refractivity contribution in [1.82, 2.24) is 9.80 Å². The number of phenols is 1. The minimum Gasteiger partial charge on any atom is -0.508 e. The third-order valence-corrected chi connectivity index (χ3v) is 8.02. The molecule has 1 N–H and O–H groups in total. The number of imide groups is 2. The van der Waals surface area contributed by atoms with Crippen LogP contribution in [0.2, 0.25) is 0 Å². The number of ether oxygens (including phenoxy) is 1. The molecule has 4 amide bonds. The summed E-state index contributed by atoms with van der Waals surface area (Å²) < 4.78 is 5.56. The van der Waals surface area contributed by atoms with Gasteiger partial charge < -0.3 is 9.84 Å². The third-order valence-electron chi connectivity index (χ3n) is 8.02. The van der Waals surface area contributed by atoms with Gasteiger partial charge in [-0.1, -0.05) is 17.7 Å². The van der Waals surface area contributed by atoms with Crippen LogP contribution in [-0.2, 0) is 19.2 Å². The molecule has 2 aliphatic carbocycles. The number of carbonyl (C=O) groups is 4. The smallest absolute Gasteiger partial charge is 0.234 e. The zero-order valence-electron chi connectivity index (χ0n) is 19.0. The molecule has 174 valence electrons. The molecule has 1 saturated carbocycles. The molecular weight excluding hydrogens is 424 g/mol. The lowest BCUT2D eigenvalue weighted by molar-refractivity contribution is -0.141. The average Bonchev–Trinajstić information content (AvgIpc) is 3.21. The Hall–Kier alpha value is -3.16. The van der Waals surface area contributed by atoms with Gasteiger partial charge in [0.2, 0.25) is 23.6 Å². The lowest BCUT2D eigenvalue weighted by Gasteiger charge is -2.44. The summed E-state index contributed by atoms with van der Waals surface area (Å²) in [5.74, 6) is -3.11. The number of phenolic OH excluding ortho intramolecular Hbond substituents is 1. The fourth-order valence-corrected chi connectivity index (χ4v) is 6.65. The molecule has 3 fully saturated rings. The Labute approximate surface area is 192 Å². The summed E-state index contributed by atoms with van der Waals surface area (Å²) in [4.78, 5) is 55.4. The maximum atomic E-state index is 13.4. The molecule has 33 heavy (non-hydrogen) atoms. The number of hydrogen-bond donors (Lipinski definition) is 1. The van der Waals surface area contributed by atoms with Crippen molar-refractivity contribution in [3.8, 4) is 11.5 Å². The van der Waals surface area contributed by atoms with Crippen LogP contribution in [0, 0.1) is 29.6 Å². The largest absolute Gasteiger partial charge is 0.508 e. The van der Waals surface area contributed by atoms with E-state index in [1.807, 2.05) is 6.08 Å². The number of allylic oxidation sites excluding steroid dienone is 2. The first-order valence-corrected chi connectivity index (χ1v) is 11.6. The number of benzene rings is 1. The van der Waals surface area contributed by atoms with Gasteiger partial charge in [-0.3, -0.25) is 29.0 Å². The van der Waals surface area contributed by atoms with Crippen LogP contribution in [0.25, 0.3) is 0 Å². The Morgan fingerprint density at radius 3 is 2.18 bits per heavy atom. The lowest BCUT2D eigenvalue weighted by Crippen LogP contribution is -2.43. The molecule has 8 nitrogen and oxygen atoms in total. The van der Waals surface area contributed by atoms with Crippen molar-refractivity contribution >= 4 is 23.6 Å². The molecule has 8 heteroatoms. The summed E-state index contributed by atoms with van der Waals surface area (Å²) in [5.41, 5.74) is 1.64. The van der Waals surface area contributed by atoms with E-state index in [0.717, 1.165) is 5.57 Å². The molecule has 2 saturated heterocycles. The summed E-state index contributed by atoms with van der Waals surface area (Å²) in [6.07, 6.45) is 2.83. The molecule has 4 aliphatic rings. The molecule has 0 radical (unpaired) electrons. The monoisotopic (exact) mass is 452 g/mol. The van der Waals surface area contributed by atoms with E-state index in [9.17, 15) is 24.3 Å². The van der Waals surface area contributed by atoms with Crippen LogP contribution in [0.4, 0.5) is 0 Å². The van der Waals surface area contributed by atoms with Crippen LogP contribution in [0.5, 0.6) is 11.5 Å². The summed E-state index contributed by atoms with van der Waals surface area (Å²) in [7, 11) is 1.50. The molecular formula is C25H28N2O6. The Kier molecular flexibility index (Phi) is 5.06. The first-order chi connectivity index (χ1) is 15.8. The Balaban J connectivity index is 1.67. The van der Waals surface area contributed by atoms with Gasteiger partial charge in [-0.25, -0.2) is 0 Å². The fourth-order valence-electron chi connectivity index (χ4n) is 6.65. The number of nitrogens with zero attached hydrogens (tertiary/aromatic N) is 2. The molecule has 2 heterocycles. The second-order valence-corrected chi connectivity index (χ2v) is 9.29. The molecule has 0 aromatic heterocycles. The number of fused-ring (bicyclic) bond motifs is 4. The van der Waals surface area contributed by atoms with Gasteiger partial charge in [0, 0.05) is 30.6 Å². The van der Waals surface area contributed by atoms with Gasteiger partial charge in [0.1, 0.15) is 11.5 Å². The average molecular weight is 453 g/mol. The SMILES string of the molecule is CCN1C(=O)[C@H]2[C@H](CC=C3[C@H]2C[C@H]2C(=O)N(CC)C(=O)[C@H]2[C@H]3c2ccc(O)cc2OC)C1=O. The summed E-state index contributed by atoms with van der Waals surface area (Å²) in [5, 5.41) is 9.99. The molecule has 2 aliphatic heterocycles. The van der Waals surface area contributed by atoms with Gasteiger partial charge in [0.15, 0.2) is 0 Å². The minimum atomic E-state index is -0.593. The van der Waals surface area contributed by atoms with E-state index in [-0.39, 0.29) is 35.3 Å². The predicted octanol–water partition coefficient (Wildman–Crippen LogP) is 2.08. The van der Waals surface area contributed by atoms with E-state index in [1.165, 1.54) is 23.0 Å². The standard InChI is InChI=1S/C25H28N2O6/c1-4-26-22(29)15-9-8-13-16(20(15)24(26)31)11-17-21(25(32)27(5-2)23(17)30)19(13)14-7-6-12(28)10-18(14)33-3/h6-8,10,15-17,19-21,28H,4-5,9,11H2,1-3H3/t15-,16+,17+,19+,20-,21+/m0/s1. The van der Waals surface area contributed by atoms with Crippen LogP contribution >= 0.6 is 0 Å². The highest BCUT2D eigenvalue weighted by atomic mass is 16.5. The topological polar surface area (TPSA) is 104 Å². The van der Waals surface area contributed by atoms with Crippen LogP contribution in [0.1, 0.15) is 38.2 Å². The zero-order chi connectivity index (χ0) is 23.6. The predicted molar refractivity (Wildman–Crippen MR) is 117 cm³/mol. The molecule has 0 spiro atoms. The molecule has 5 rings (SSSR count). The maximum Gasteiger partial charge on any atom is 0.234 e. The van der Waals surface area contributed by atoms with Gasteiger partial charge in [-0.2, -0.15) is 0 Å². The van der Waals surface area contributed by atoms with Crippen molar-refractivity contribution in [3.05, 3.63) is 35.4 Å². The van der Waals surface area contributed by atoms with Crippen molar-refractivity contribution in [2.75, 3.05) is 20.2 Å². The minimum absolute atomic E-state index is 0.0383. The lowest BCUT2D eigenvalue weighted by atomic mass is 9.57. The summed E-state index contributed by atoms with van der Waals surface area (Å²) in [6.45, 7) is 4.20. The van der Waals surface area contributed by atoms with Crippen LogP contribution < -0.4 is 4.74 Å². The van der Waals surface area contributed by atoms with Gasteiger partial charge >= 0.3 is 0 Å². The number of hydrogen-bond acceptors (Lipinski definition) is 6. The molecule has 6 atom stereocenters. The highest BCUT2D eigenvalue weighted by Gasteiger charge is 2.61. The van der Waals surface area contributed by atoms with Gasteiger partial charge in [0.05, 0.1) is 30.8 Å². The number of methoxy groups -OCH3 is 1. The quantitative estimate of drug-likeness (QED) is 0.554.